The number of carbonyl (C=O) groups is 2. The van der Waals surface area contributed by atoms with Crippen molar-refractivity contribution in [1.82, 2.24) is 9.80 Å². The summed E-state index contributed by atoms with van der Waals surface area (Å²) in [4.78, 5) is 28.3. The Morgan fingerprint density at radius 3 is 2.32 bits per heavy atom. The molecule has 1 aromatic carbocycles. The van der Waals surface area contributed by atoms with Gasteiger partial charge in [0, 0.05) is 32.0 Å². The van der Waals surface area contributed by atoms with Crippen molar-refractivity contribution < 1.29 is 14.3 Å². The average molecular weight is 344 g/mol. The maximum atomic E-state index is 12.7. The summed E-state index contributed by atoms with van der Waals surface area (Å²) in [6, 6.07) is 10.4. The van der Waals surface area contributed by atoms with Crippen molar-refractivity contribution in [3.8, 4) is 0 Å². The first-order chi connectivity index (χ1) is 11.7. The van der Waals surface area contributed by atoms with Gasteiger partial charge in [0.1, 0.15) is 5.60 Å². The van der Waals surface area contributed by atoms with E-state index in [1.54, 1.807) is 4.90 Å². The third-order valence-corrected chi connectivity index (χ3v) is 4.89. The molecule has 0 N–H and O–H groups in total. The standard InChI is InChI=1S/C20H28N2O3/c1-14-11-22(18(14)16-8-6-5-7-9-16)17(23)10-15-12-21(13-15)19(24)25-20(2,3)4/h5-9,14-15,18H,10-13H2,1-4H3/t14-,18+/m0/s1. The van der Waals surface area contributed by atoms with Gasteiger partial charge in [-0.15, -0.1) is 0 Å². The number of benzene rings is 1. The van der Waals surface area contributed by atoms with Crippen LogP contribution in [0, 0.1) is 11.8 Å². The van der Waals surface area contributed by atoms with Gasteiger partial charge in [-0.05, 0) is 32.3 Å². The maximum Gasteiger partial charge on any atom is 0.410 e. The van der Waals surface area contributed by atoms with Gasteiger partial charge in [-0.2, -0.15) is 0 Å². The molecule has 0 radical (unpaired) electrons. The average Bonchev–Trinajstić information content (AvgIpc) is 2.46. The van der Waals surface area contributed by atoms with E-state index in [2.05, 4.69) is 19.1 Å². The molecule has 3 rings (SSSR count). The zero-order valence-electron chi connectivity index (χ0n) is 15.6. The van der Waals surface area contributed by atoms with Crippen LogP contribution in [0.5, 0.6) is 0 Å². The van der Waals surface area contributed by atoms with Crippen LogP contribution in [0.25, 0.3) is 0 Å². The van der Waals surface area contributed by atoms with E-state index in [4.69, 9.17) is 4.74 Å². The van der Waals surface area contributed by atoms with Crippen molar-refractivity contribution in [2.75, 3.05) is 19.6 Å². The molecule has 2 fully saturated rings. The monoisotopic (exact) mass is 344 g/mol. The van der Waals surface area contributed by atoms with Gasteiger partial charge in [0.25, 0.3) is 0 Å². The molecule has 0 aliphatic carbocycles. The van der Waals surface area contributed by atoms with Crippen LogP contribution in [-0.4, -0.2) is 47.0 Å². The number of rotatable bonds is 3. The van der Waals surface area contributed by atoms with Crippen LogP contribution in [0.3, 0.4) is 0 Å². The summed E-state index contributed by atoms with van der Waals surface area (Å²) in [6.07, 6.45) is 0.228. The fourth-order valence-electron chi connectivity index (χ4n) is 3.65. The maximum absolute atomic E-state index is 12.7. The third-order valence-electron chi connectivity index (χ3n) is 4.89. The highest BCUT2D eigenvalue weighted by Gasteiger charge is 2.42. The number of ether oxygens (including phenoxy) is 1. The number of nitrogens with zero attached hydrogens (tertiary/aromatic N) is 2. The second kappa shape index (κ2) is 6.70. The Morgan fingerprint density at radius 1 is 1.12 bits per heavy atom. The van der Waals surface area contributed by atoms with Crippen molar-refractivity contribution in [1.29, 1.82) is 0 Å². The molecular weight excluding hydrogens is 316 g/mol. The second-order valence-electron chi connectivity index (χ2n) is 8.33. The molecule has 2 saturated heterocycles. The van der Waals surface area contributed by atoms with Gasteiger partial charge >= 0.3 is 6.09 Å². The molecule has 5 nitrogen and oxygen atoms in total. The predicted molar refractivity (Wildman–Crippen MR) is 96.0 cm³/mol. The van der Waals surface area contributed by atoms with Crippen molar-refractivity contribution in [2.24, 2.45) is 11.8 Å². The van der Waals surface area contributed by atoms with E-state index in [0.29, 0.717) is 25.4 Å². The molecule has 0 bridgehead atoms. The summed E-state index contributed by atoms with van der Waals surface area (Å²) in [6.45, 7) is 9.82. The number of carbonyl (C=O) groups excluding carboxylic acids is 2. The van der Waals surface area contributed by atoms with Crippen molar-refractivity contribution >= 4 is 12.0 Å². The van der Waals surface area contributed by atoms with Crippen LogP contribution in [0.4, 0.5) is 4.79 Å². The van der Waals surface area contributed by atoms with Gasteiger partial charge in [0.05, 0.1) is 6.04 Å². The molecule has 2 heterocycles. The first-order valence-corrected chi connectivity index (χ1v) is 9.07. The Hall–Kier alpha value is -2.04. The zero-order chi connectivity index (χ0) is 18.2. The Kier molecular flexibility index (Phi) is 4.76. The SMILES string of the molecule is C[C@H]1CN(C(=O)CC2CN(C(=O)OC(C)(C)C)C2)[C@H]1c1ccccc1. The minimum absolute atomic E-state index is 0.190. The van der Waals surface area contributed by atoms with Gasteiger partial charge in [0.2, 0.25) is 5.91 Å². The lowest BCUT2D eigenvalue weighted by Gasteiger charge is -2.48. The van der Waals surface area contributed by atoms with Crippen molar-refractivity contribution in [3.63, 3.8) is 0 Å². The van der Waals surface area contributed by atoms with Crippen molar-refractivity contribution in [2.45, 2.75) is 45.8 Å². The quantitative estimate of drug-likeness (QED) is 0.844. The normalized spacial score (nSPS) is 23.7. The van der Waals surface area contributed by atoms with Crippen molar-refractivity contribution in [3.05, 3.63) is 35.9 Å². The largest absolute Gasteiger partial charge is 0.444 e. The summed E-state index contributed by atoms with van der Waals surface area (Å²) in [5.41, 5.74) is 0.730. The minimum atomic E-state index is -0.478. The summed E-state index contributed by atoms with van der Waals surface area (Å²) < 4.78 is 5.36. The smallest absolute Gasteiger partial charge is 0.410 e. The molecular formula is C20H28N2O3. The van der Waals surface area contributed by atoms with E-state index < -0.39 is 5.60 Å². The summed E-state index contributed by atoms with van der Waals surface area (Å²) >= 11 is 0. The summed E-state index contributed by atoms with van der Waals surface area (Å²) in [5, 5.41) is 0. The molecule has 1 aromatic rings. The third kappa shape index (κ3) is 3.97. The van der Waals surface area contributed by atoms with Crippen LogP contribution in [0.1, 0.15) is 45.7 Å². The lowest BCUT2D eigenvalue weighted by Crippen LogP contribution is -2.55. The zero-order valence-corrected chi connectivity index (χ0v) is 15.6. The number of hydrogen-bond acceptors (Lipinski definition) is 3. The van der Waals surface area contributed by atoms with Gasteiger partial charge in [0.15, 0.2) is 0 Å². The topological polar surface area (TPSA) is 49.9 Å². The molecule has 2 atom stereocenters. The van der Waals surface area contributed by atoms with Crippen LogP contribution in [-0.2, 0) is 9.53 Å². The first kappa shape index (κ1) is 17.8. The lowest BCUT2D eigenvalue weighted by molar-refractivity contribution is -0.146. The summed E-state index contributed by atoms with van der Waals surface area (Å²) in [7, 11) is 0. The number of likely N-dealkylation sites (tertiary alicyclic amines) is 2. The Morgan fingerprint density at radius 2 is 1.76 bits per heavy atom. The fraction of sp³-hybridized carbons (Fsp3) is 0.600. The molecule has 25 heavy (non-hydrogen) atoms. The van der Waals surface area contributed by atoms with Crippen LogP contribution < -0.4 is 0 Å². The molecule has 0 unspecified atom stereocenters. The highest BCUT2D eigenvalue weighted by molar-refractivity contribution is 5.78. The Bertz CT molecular complexity index is 632. The van der Waals surface area contributed by atoms with E-state index in [1.807, 2.05) is 43.9 Å². The Labute approximate surface area is 149 Å². The van der Waals surface area contributed by atoms with Crippen LogP contribution >= 0.6 is 0 Å². The lowest BCUT2D eigenvalue weighted by atomic mass is 9.83. The van der Waals surface area contributed by atoms with E-state index in [0.717, 1.165) is 6.54 Å². The molecule has 0 saturated carbocycles. The Balaban J connectivity index is 1.49. The van der Waals surface area contributed by atoms with Gasteiger partial charge in [-0.25, -0.2) is 4.79 Å². The van der Waals surface area contributed by atoms with E-state index in [1.165, 1.54) is 5.56 Å². The molecule has 2 aliphatic heterocycles. The number of hydrogen-bond donors (Lipinski definition) is 0. The van der Waals surface area contributed by atoms with Crippen LogP contribution in [0.2, 0.25) is 0 Å². The molecule has 5 heteroatoms. The highest BCUT2D eigenvalue weighted by atomic mass is 16.6. The second-order valence-corrected chi connectivity index (χ2v) is 8.33. The molecule has 2 aliphatic rings. The van der Waals surface area contributed by atoms with E-state index in [-0.39, 0.29) is 24.0 Å². The van der Waals surface area contributed by atoms with E-state index in [9.17, 15) is 9.59 Å². The van der Waals surface area contributed by atoms with E-state index >= 15 is 0 Å². The molecule has 136 valence electrons. The predicted octanol–water partition coefficient (Wildman–Crippen LogP) is 3.46. The summed E-state index contributed by atoms with van der Waals surface area (Å²) in [5.74, 6) is 0.930. The number of amides is 2. The van der Waals surface area contributed by atoms with Gasteiger partial charge in [-0.3, -0.25) is 4.79 Å². The highest BCUT2D eigenvalue weighted by Crippen LogP contribution is 2.39. The molecule has 0 aromatic heterocycles. The minimum Gasteiger partial charge on any atom is -0.444 e. The fourth-order valence-corrected chi connectivity index (χ4v) is 3.65. The molecule has 2 amide bonds. The van der Waals surface area contributed by atoms with Crippen LogP contribution in [0.15, 0.2) is 30.3 Å². The van der Waals surface area contributed by atoms with Gasteiger partial charge in [-0.1, -0.05) is 37.3 Å². The molecule has 0 spiro atoms. The van der Waals surface area contributed by atoms with Gasteiger partial charge < -0.3 is 14.5 Å². The first-order valence-electron chi connectivity index (χ1n) is 9.07.